The lowest BCUT2D eigenvalue weighted by Gasteiger charge is -2.21. The normalized spacial score (nSPS) is 20.1. The maximum Gasteiger partial charge on any atom is 0.335 e. The van der Waals surface area contributed by atoms with Gasteiger partial charge in [0.1, 0.15) is 11.9 Å². The molecular formula is C13H14N2O3. The van der Waals surface area contributed by atoms with Crippen LogP contribution in [0.3, 0.4) is 0 Å². The van der Waals surface area contributed by atoms with Gasteiger partial charge in [-0.3, -0.25) is 0 Å². The number of hydrogen-bond donors (Lipinski definition) is 1. The Morgan fingerprint density at radius 2 is 2.39 bits per heavy atom. The molecule has 1 saturated heterocycles. The molecule has 5 nitrogen and oxygen atoms in total. The lowest BCUT2D eigenvalue weighted by Crippen LogP contribution is -2.14. The summed E-state index contributed by atoms with van der Waals surface area (Å²) >= 11 is 0. The minimum absolute atomic E-state index is 0.0249. The summed E-state index contributed by atoms with van der Waals surface area (Å²) in [7, 11) is 0. The molecule has 0 radical (unpaired) electrons. The van der Waals surface area contributed by atoms with Crippen LogP contribution in [-0.4, -0.2) is 27.1 Å². The van der Waals surface area contributed by atoms with Gasteiger partial charge in [0.05, 0.1) is 17.3 Å². The first kappa shape index (κ1) is 11.2. The van der Waals surface area contributed by atoms with E-state index in [1.807, 2.05) is 4.40 Å². The summed E-state index contributed by atoms with van der Waals surface area (Å²) in [5.74, 6) is -0.0594. The van der Waals surface area contributed by atoms with Crippen LogP contribution in [-0.2, 0) is 4.74 Å². The molecule has 2 aromatic rings. The Labute approximate surface area is 104 Å². The van der Waals surface area contributed by atoms with Crippen LogP contribution >= 0.6 is 0 Å². The van der Waals surface area contributed by atoms with E-state index in [-0.39, 0.29) is 11.7 Å². The summed E-state index contributed by atoms with van der Waals surface area (Å²) in [5.41, 5.74) is 1.07. The highest BCUT2D eigenvalue weighted by Crippen LogP contribution is 2.27. The third kappa shape index (κ3) is 1.86. The van der Waals surface area contributed by atoms with Crippen LogP contribution in [0.15, 0.2) is 24.5 Å². The first-order valence-electron chi connectivity index (χ1n) is 6.07. The zero-order valence-corrected chi connectivity index (χ0v) is 9.87. The van der Waals surface area contributed by atoms with Crippen LogP contribution in [0.2, 0.25) is 0 Å². The molecule has 1 atom stereocenters. The number of imidazole rings is 1. The van der Waals surface area contributed by atoms with Crippen LogP contribution in [0.25, 0.3) is 5.52 Å². The van der Waals surface area contributed by atoms with Crippen molar-refractivity contribution >= 4 is 11.5 Å². The topological polar surface area (TPSA) is 63.8 Å². The highest BCUT2D eigenvalue weighted by atomic mass is 16.5. The second-order valence-electron chi connectivity index (χ2n) is 4.49. The fourth-order valence-corrected chi connectivity index (χ4v) is 2.34. The van der Waals surface area contributed by atoms with Crippen LogP contribution in [0.4, 0.5) is 0 Å². The molecule has 1 aliphatic heterocycles. The molecule has 0 bridgehead atoms. The number of aromatic nitrogens is 2. The number of fused-ring (bicyclic) bond motifs is 1. The van der Waals surface area contributed by atoms with Gasteiger partial charge in [0.25, 0.3) is 0 Å². The molecule has 18 heavy (non-hydrogen) atoms. The second kappa shape index (κ2) is 4.42. The van der Waals surface area contributed by atoms with Crippen LogP contribution in [0.1, 0.15) is 41.5 Å². The quantitative estimate of drug-likeness (QED) is 0.882. The molecule has 3 heterocycles. The van der Waals surface area contributed by atoms with Crippen molar-refractivity contribution in [2.24, 2.45) is 0 Å². The van der Waals surface area contributed by atoms with E-state index in [1.165, 1.54) is 0 Å². The third-order valence-electron chi connectivity index (χ3n) is 3.28. The molecule has 3 rings (SSSR count). The lowest BCUT2D eigenvalue weighted by molar-refractivity contribution is 0.00915. The van der Waals surface area contributed by atoms with E-state index in [4.69, 9.17) is 9.84 Å². The Bertz CT molecular complexity index is 585. The fraction of sp³-hybridized carbons (Fsp3) is 0.385. The number of carbonyl (C=O) groups is 1. The molecule has 0 spiro atoms. The average Bonchev–Trinajstić information content (AvgIpc) is 2.82. The number of nitrogens with zero attached hydrogens (tertiary/aromatic N) is 2. The standard InChI is InChI=1S/C13H14N2O3/c16-13(17)9-4-5-15-10(7-9)8-14-12(15)11-3-1-2-6-18-11/h4-5,7-8,11H,1-3,6H2,(H,16,17). The Kier molecular flexibility index (Phi) is 2.76. The Morgan fingerprint density at radius 1 is 1.50 bits per heavy atom. The van der Waals surface area contributed by atoms with Gasteiger partial charge < -0.3 is 14.2 Å². The van der Waals surface area contributed by atoms with Gasteiger partial charge in [-0.05, 0) is 31.4 Å². The maximum absolute atomic E-state index is 10.9. The van der Waals surface area contributed by atoms with Gasteiger partial charge in [0.15, 0.2) is 0 Å². The number of carboxylic acids is 1. The highest BCUT2D eigenvalue weighted by molar-refractivity contribution is 5.88. The molecule has 2 aromatic heterocycles. The van der Waals surface area contributed by atoms with E-state index in [2.05, 4.69) is 4.98 Å². The van der Waals surface area contributed by atoms with Crippen molar-refractivity contribution in [1.82, 2.24) is 9.38 Å². The molecule has 5 heteroatoms. The first-order chi connectivity index (χ1) is 8.75. The van der Waals surface area contributed by atoms with Crippen LogP contribution in [0.5, 0.6) is 0 Å². The molecule has 1 N–H and O–H groups in total. The van der Waals surface area contributed by atoms with Gasteiger partial charge in [-0.1, -0.05) is 0 Å². The monoisotopic (exact) mass is 246 g/mol. The number of rotatable bonds is 2. The average molecular weight is 246 g/mol. The summed E-state index contributed by atoms with van der Waals surface area (Å²) in [6.07, 6.45) is 6.69. The number of pyridine rings is 1. The summed E-state index contributed by atoms with van der Waals surface area (Å²) in [5, 5.41) is 8.95. The number of aromatic carboxylic acids is 1. The molecule has 1 aliphatic rings. The van der Waals surface area contributed by atoms with E-state index >= 15 is 0 Å². The minimum Gasteiger partial charge on any atom is -0.478 e. The zero-order valence-electron chi connectivity index (χ0n) is 9.87. The van der Waals surface area contributed by atoms with Crippen molar-refractivity contribution in [2.75, 3.05) is 6.61 Å². The number of hydrogen-bond acceptors (Lipinski definition) is 3. The molecule has 0 aliphatic carbocycles. The van der Waals surface area contributed by atoms with E-state index < -0.39 is 5.97 Å². The van der Waals surface area contributed by atoms with E-state index in [0.29, 0.717) is 0 Å². The number of carboxylic acid groups (broad SMARTS) is 1. The minimum atomic E-state index is -0.922. The smallest absolute Gasteiger partial charge is 0.335 e. The van der Waals surface area contributed by atoms with Gasteiger partial charge in [0.2, 0.25) is 0 Å². The molecule has 0 amide bonds. The van der Waals surface area contributed by atoms with Crippen LogP contribution < -0.4 is 0 Å². The van der Waals surface area contributed by atoms with E-state index in [0.717, 1.165) is 37.2 Å². The summed E-state index contributed by atoms with van der Waals surface area (Å²) in [4.78, 5) is 15.3. The predicted molar refractivity (Wildman–Crippen MR) is 64.7 cm³/mol. The zero-order chi connectivity index (χ0) is 12.5. The molecule has 0 aromatic carbocycles. The molecule has 0 saturated carbocycles. The Balaban J connectivity index is 2.01. The van der Waals surface area contributed by atoms with Crippen molar-refractivity contribution < 1.29 is 14.6 Å². The van der Waals surface area contributed by atoms with Gasteiger partial charge >= 0.3 is 5.97 Å². The van der Waals surface area contributed by atoms with E-state index in [1.54, 1.807) is 24.5 Å². The SMILES string of the molecule is O=C(O)c1ccn2c(C3CCCCO3)ncc2c1. The summed E-state index contributed by atoms with van der Waals surface area (Å²) in [6, 6.07) is 3.21. The maximum atomic E-state index is 10.9. The van der Waals surface area contributed by atoms with Crippen molar-refractivity contribution in [3.63, 3.8) is 0 Å². The Morgan fingerprint density at radius 3 is 3.11 bits per heavy atom. The van der Waals surface area contributed by atoms with Gasteiger partial charge in [0, 0.05) is 12.8 Å². The highest BCUT2D eigenvalue weighted by Gasteiger charge is 2.20. The Hall–Kier alpha value is -1.88. The number of ether oxygens (including phenoxy) is 1. The second-order valence-corrected chi connectivity index (χ2v) is 4.49. The molecular weight excluding hydrogens is 232 g/mol. The lowest BCUT2D eigenvalue weighted by atomic mass is 10.1. The largest absolute Gasteiger partial charge is 0.478 e. The van der Waals surface area contributed by atoms with Crippen molar-refractivity contribution in [3.05, 3.63) is 35.9 Å². The first-order valence-corrected chi connectivity index (χ1v) is 6.07. The van der Waals surface area contributed by atoms with Crippen molar-refractivity contribution in [3.8, 4) is 0 Å². The summed E-state index contributed by atoms with van der Waals surface area (Å²) < 4.78 is 7.61. The van der Waals surface area contributed by atoms with Gasteiger partial charge in [-0.25, -0.2) is 9.78 Å². The van der Waals surface area contributed by atoms with Gasteiger partial charge in [-0.2, -0.15) is 0 Å². The van der Waals surface area contributed by atoms with Crippen molar-refractivity contribution in [2.45, 2.75) is 25.4 Å². The fourth-order valence-electron chi connectivity index (χ4n) is 2.34. The molecule has 94 valence electrons. The van der Waals surface area contributed by atoms with Gasteiger partial charge in [-0.15, -0.1) is 0 Å². The molecule has 1 unspecified atom stereocenters. The summed E-state index contributed by atoms with van der Waals surface area (Å²) in [6.45, 7) is 0.771. The van der Waals surface area contributed by atoms with Crippen LogP contribution in [0, 0.1) is 0 Å². The molecule has 1 fully saturated rings. The van der Waals surface area contributed by atoms with Crippen molar-refractivity contribution in [1.29, 1.82) is 0 Å². The predicted octanol–water partition coefficient (Wildman–Crippen LogP) is 2.27. The third-order valence-corrected chi connectivity index (χ3v) is 3.28. The van der Waals surface area contributed by atoms with E-state index in [9.17, 15) is 4.79 Å².